The Hall–Kier alpha value is -2.52. The summed E-state index contributed by atoms with van der Waals surface area (Å²) < 4.78 is 12.4. The largest absolute Gasteiger partial charge is 0.481 e. The standard InChI is InChI=1S/C16H13O5P/c17-15(18)14(16(19)20)10-11-6-8-13(9-7-11)22(21)12-4-2-1-3-5-12/h1-9,14H,10H2,(H-,17,18,19,20)/p+1. The summed E-state index contributed by atoms with van der Waals surface area (Å²) in [4.78, 5) is 21.8. The molecule has 0 amide bonds. The number of carboxylic acid groups (broad SMARTS) is 2. The van der Waals surface area contributed by atoms with Gasteiger partial charge in [-0.05, 0) is 36.2 Å². The van der Waals surface area contributed by atoms with Crippen molar-refractivity contribution in [1.82, 2.24) is 0 Å². The van der Waals surface area contributed by atoms with E-state index in [9.17, 15) is 14.2 Å². The van der Waals surface area contributed by atoms with Crippen molar-refractivity contribution in [2.45, 2.75) is 6.42 Å². The summed E-state index contributed by atoms with van der Waals surface area (Å²) in [5, 5.41) is 19.1. The summed E-state index contributed by atoms with van der Waals surface area (Å²) in [6.07, 6.45) is -0.104. The molecule has 6 heteroatoms. The van der Waals surface area contributed by atoms with Crippen LogP contribution in [0, 0.1) is 5.92 Å². The molecule has 112 valence electrons. The average molecular weight is 317 g/mol. The Kier molecular flexibility index (Phi) is 5.02. The third kappa shape index (κ3) is 3.77. The predicted molar refractivity (Wildman–Crippen MR) is 82.2 cm³/mol. The summed E-state index contributed by atoms with van der Waals surface area (Å²) >= 11 is 0. The summed E-state index contributed by atoms with van der Waals surface area (Å²) in [5.41, 5.74) is 0.579. The third-order valence-electron chi connectivity index (χ3n) is 3.20. The second kappa shape index (κ2) is 6.96. The van der Waals surface area contributed by atoms with Crippen LogP contribution in [-0.2, 0) is 20.6 Å². The molecule has 0 heterocycles. The molecule has 0 aliphatic heterocycles. The lowest BCUT2D eigenvalue weighted by Crippen LogP contribution is -2.25. The van der Waals surface area contributed by atoms with Gasteiger partial charge in [0.15, 0.2) is 16.5 Å². The van der Waals surface area contributed by atoms with Crippen molar-refractivity contribution in [1.29, 1.82) is 0 Å². The second-order valence-corrected chi connectivity index (χ2v) is 6.35. The van der Waals surface area contributed by atoms with E-state index in [1.54, 1.807) is 48.5 Å². The molecule has 0 saturated carbocycles. The molecule has 2 rings (SSSR count). The van der Waals surface area contributed by atoms with Crippen LogP contribution < -0.4 is 10.6 Å². The van der Waals surface area contributed by atoms with Crippen LogP contribution in [0.4, 0.5) is 0 Å². The van der Waals surface area contributed by atoms with Gasteiger partial charge >= 0.3 is 19.7 Å². The van der Waals surface area contributed by atoms with Crippen molar-refractivity contribution in [2.75, 3.05) is 0 Å². The molecule has 1 atom stereocenters. The molecular formula is C16H14O5P+. The molecule has 0 spiro atoms. The lowest BCUT2D eigenvalue weighted by molar-refractivity contribution is -0.154. The molecule has 22 heavy (non-hydrogen) atoms. The van der Waals surface area contributed by atoms with E-state index in [4.69, 9.17) is 10.2 Å². The zero-order valence-electron chi connectivity index (χ0n) is 11.5. The third-order valence-corrected chi connectivity index (χ3v) is 4.73. The van der Waals surface area contributed by atoms with Crippen LogP contribution >= 0.6 is 7.80 Å². The minimum absolute atomic E-state index is 0.104. The van der Waals surface area contributed by atoms with Gasteiger partial charge in [-0.15, -0.1) is 0 Å². The highest BCUT2D eigenvalue weighted by Crippen LogP contribution is 2.20. The molecular weight excluding hydrogens is 303 g/mol. The molecule has 0 saturated heterocycles. The number of aliphatic carboxylic acids is 2. The highest BCUT2D eigenvalue weighted by atomic mass is 31.1. The molecule has 0 fully saturated rings. The maximum atomic E-state index is 12.4. The first-order valence-electron chi connectivity index (χ1n) is 6.56. The van der Waals surface area contributed by atoms with Gasteiger partial charge < -0.3 is 10.2 Å². The van der Waals surface area contributed by atoms with Crippen molar-refractivity contribution in [2.24, 2.45) is 5.92 Å². The molecule has 2 aromatic rings. The second-order valence-electron chi connectivity index (χ2n) is 4.73. The molecule has 1 unspecified atom stereocenters. The first-order chi connectivity index (χ1) is 10.5. The smallest absolute Gasteiger partial charge is 0.415 e. The number of carbonyl (C=O) groups is 2. The van der Waals surface area contributed by atoms with Crippen molar-refractivity contribution in [3.05, 3.63) is 60.2 Å². The van der Waals surface area contributed by atoms with Crippen LogP contribution in [0.1, 0.15) is 5.56 Å². The van der Waals surface area contributed by atoms with Crippen molar-refractivity contribution < 1.29 is 24.4 Å². The summed E-state index contributed by atoms with van der Waals surface area (Å²) in [6, 6.07) is 15.5. The van der Waals surface area contributed by atoms with Gasteiger partial charge in [-0.1, -0.05) is 34.9 Å². The highest BCUT2D eigenvalue weighted by Gasteiger charge is 2.27. The zero-order chi connectivity index (χ0) is 16.1. The number of benzene rings is 2. The Morgan fingerprint density at radius 2 is 1.36 bits per heavy atom. The van der Waals surface area contributed by atoms with E-state index in [1.165, 1.54) is 0 Å². The molecule has 5 nitrogen and oxygen atoms in total. The summed E-state index contributed by atoms with van der Waals surface area (Å²) in [5.74, 6) is -4.22. The number of hydrogen-bond acceptors (Lipinski definition) is 3. The fourth-order valence-electron chi connectivity index (χ4n) is 2.00. The van der Waals surface area contributed by atoms with Gasteiger partial charge in [0.05, 0.1) is 0 Å². The number of carboxylic acids is 2. The molecule has 0 aliphatic carbocycles. The quantitative estimate of drug-likeness (QED) is 0.626. The first-order valence-corrected chi connectivity index (χ1v) is 7.82. The monoisotopic (exact) mass is 317 g/mol. The lowest BCUT2D eigenvalue weighted by atomic mass is 10.00. The van der Waals surface area contributed by atoms with E-state index in [1.807, 2.05) is 6.07 Å². The predicted octanol–water partition coefficient (Wildman–Crippen LogP) is 1.79. The minimum Gasteiger partial charge on any atom is -0.481 e. The highest BCUT2D eigenvalue weighted by molar-refractivity contribution is 7.61. The van der Waals surface area contributed by atoms with Crippen molar-refractivity contribution in [3.8, 4) is 0 Å². The van der Waals surface area contributed by atoms with Crippen LogP contribution in [0.2, 0.25) is 0 Å². The van der Waals surface area contributed by atoms with Crippen LogP contribution in [0.25, 0.3) is 0 Å². The first kappa shape index (κ1) is 15.9. The van der Waals surface area contributed by atoms with Crippen LogP contribution in [0.3, 0.4) is 0 Å². The van der Waals surface area contributed by atoms with Crippen LogP contribution in [-0.4, -0.2) is 22.2 Å². The zero-order valence-corrected chi connectivity index (χ0v) is 12.4. The SMILES string of the molecule is O=C(O)C(Cc1ccc([P+](=O)c2ccccc2)cc1)C(=O)O. The maximum Gasteiger partial charge on any atom is 0.415 e. The van der Waals surface area contributed by atoms with E-state index in [-0.39, 0.29) is 6.42 Å². The maximum absolute atomic E-state index is 12.4. The molecule has 2 N–H and O–H groups in total. The Balaban J connectivity index is 2.15. The van der Waals surface area contributed by atoms with E-state index < -0.39 is 25.7 Å². The molecule has 0 aromatic heterocycles. The number of hydrogen-bond donors (Lipinski definition) is 2. The Bertz CT molecular complexity index is 680. The van der Waals surface area contributed by atoms with Crippen LogP contribution in [0.15, 0.2) is 54.6 Å². The van der Waals surface area contributed by atoms with E-state index in [2.05, 4.69) is 0 Å². The van der Waals surface area contributed by atoms with E-state index in [0.29, 0.717) is 16.2 Å². The molecule has 2 aromatic carbocycles. The van der Waals surface area contributed by atoms with Gasteiger partial charge in [-0.3, -0.25) is 9.59 Å². The minimum atomic E-state index is -1.71. The van der Waals surface area contributed by atoms with Gasteiger partial charge in [-0.2, -0.15) is 0 Å². The van der Waals surface area contributed by atoms with Gasteiger partial charge in [-0.25, -0.2) is 0 Å². The Morgan fingerprint density at radius 1 is 0.864 bits per heavy atom. The Labute approximate surface area is 128 Å². The van der Waals surface area contributed by atoms with Crippen molar-refractivity contribution in [3.63, 3.8) is 0 Å². The van der Waals surface area contributed by atoms with Gasteiger partial charge in [0, 0.05) is 0 Å². The van der Waals surface area contributed by atoms with Crippen molar-refractivity contribution >= 4 is 30.3 Å². The normalized spacial score (nSPS) is 11.2. The average Bonchev–Trinajstić information content (AvgIpc) is 2.52. The Morgan fingerprint density at radius 3 is 1.86 bits per heavy atom. The van der Waals surface area contributed by atoms with Gasteiger partial charge in [0.1, 0.15) is 0 Å². The fraction of sp³-hybridized carbons (Fsp3) is 0.125. The van der Waals surface area contributed by atoms with Gasteiger partial charge in [0.25, 0.3) is 0 Å². The van der Waals surface area contributed by atoms with Gasteiger partial charge in [0.2, 0.25) is 0 Å². The van der Waals surface area contributed by atoms with E-state index in [0.717, 1.165) is 0 Å². The van der Waals surface area contributed by atoms with Crippen LogP contribution in [0.5, 0.6) is 0 Å². The molecule has 0 radical (unpaired) electrons. The van der Waals surface area contributed by atoms with E-state index >= 15 is 0 Å². The summed E-state index contributed by atoms with van der Waals surface area (Å²) in [6.45, 7) is 0. The molecule has 0 aliphatic rings. The lowest BCUT2D eigenvalue weighted by Gasteiger charge is -2.06. The fourth-order valence-corrected chi connectivity index (χ4v) is 3.16. The molecule has 0 bridgehead atoms. The summed E-state index contributed by atoms with van der Waals surface area (Å²) in [7, 11) is -1.71. The number of rotatable bonds is 6. The topological polar surface area (TPSA) is 91.7 Å².